The second-order valence-electron chi connectivity index (χ2n) is 15.9. The Morgan fingerprint density at radius 2 is 1.27 bits per heavy atom. The fourth-order valence-corrected chi connectivity index (χ4v) is 8.28. The molecule has 6 fully saturated rings. The van der Waals surface area contributed by atoms with E-state index in [0.717, 1.165) is 6.92 Å². The fraction of sp³-hybridized carbons (Fsp3) is 0.971. The second kappa shape index (κ2) is 20.6. The molecule has 25 nitrogen and oxygen atoms in total. The average molecular weight is 877 g/mol. The molecule has 0 aromatic heterocycles. The molecule has 348 valence electrons. The number of hydrogen-bond donors (Lipinski definition) is 14. The molecule has 0 radical (unpaired) electrons. The molecule has 6 aliphatic rings. The summed E-state index contributed by atoms with van der Waals surface area (Å²) < 4.78 is 59.7. The van der Waals surface area contributed by atoms with Crippen LogP contribution in [0.5, 0.6) is 0 Å². The van der Waals surface area contributed by atoms with E-state index in [1.807, 2.05) is 0 Å². The topological polar surface area (TPSA) is 390 Å². The van der Waals surface area contributed by atoms with E-state index < -0.39 is 179 Å². The highest BCUT2D eigenvalue weighted by molar-refractivity contribution is 5.73. The van der Waals surface area contributed by atoms with Crippen LogP contribution in [0.15, 0.2) is 0 Å². The molecule has 0 spiro atoms. The molecular weight excluding hydrogens is 816 g/mol. The summed E-state index contributed by atoms with van der Waals surface area (Å²) in [7, 11) is 0. The molecule has 1 aliphatic carbocycles. The Morgan fingerprint density at radius 1 is 0.633 bits per heavy atom. The van der Waals surface area contributed by atoms with Gasteiger partial charge < -0.3 is 120 Å². The molecule has 1 saturated carbocycles. The van der Waals surface area contributed by atoms with E-state index in [1.54, 1.807) is 0 Å². The summed E-state index contributed by atoms with van der Waals surface area (Å²) in [6.07, 6.45) is -39.6. The van der Waals surface area contributed by atoms with Gasteiger partial charge in [0.2, 0.25) is 5.91 Å². The number of aliphatic hydroxyl groups is 12. The molecule has 0 aromatic carbocycles. The quantitative estimate of drug-likeness (QED) is 0.0857. The Bertz CT molecular complexity index is 1380. The summed E-state index contributed by atoms with van der Waals surface area (Å²) in [5.41, 5.74) is 5.56. The second-order valence-corrected chi connectivity index (χ2v) is 15.9. The summed E-state index contributed by atoms with van der Waals surface area (Å²) in [6.45, 7) is 0.511. The first-order valence-electron chi connectivity index (χ1n) is 20.0. The molecule has 15 N–H and O–H groups in total. The van der Waals surface area contributed by atoms with Crippen molar-refractivity contribution >= 4 is 5.91 Å². The van der Waals surface area contributed by atoms with Crippen molar-refractivity contribution in [3.8, 4) is 0 Å². The average Bonchev–Trinajstić information content (AvgIpc) is 3.21. The number of carbonyl (C=O) groups is 1. The summed E-state index contributed by atoms with van der Waals surface area (Å²) in [5, 5.41) is 133. The minimum absolute atomic E-state index is 0.0120. The molecule has 5 heterocycles. The van der Waals surface area contributed by atoms with Gasteiger partial charge >= 0.3 is 0 Å². The highest BCUT2D eigenvalue weighted by Crippen LogP contribution is 2.38. The number of nitrogens with one attached hydrogen (secondary N) is 1. The van der Waals surface area contributed by atoms with Gasteiger partial charge in [-0.2, -0.15) is 0 Å². The van der Waals surface area contributed by atoms with Crippen molar-refractivity contribution in [2.45, 2.75) is 180 Å². The van der Waals surface area contributed by atoms with Crippen molar-refractivity contribution in [2.75, 3.05) is 33.0 Å². The lowest BCUT2D eigenvalue weighted by Crippen LogP contribution is -2.71. The van der Waals surface area contributed by atoms with Gasteiger partial charge in [0.15, 0.2) is 25.2 Å². The summed E-state index contributed by atoms with van der Waals surface area (Å²) in [6, 6.07) is -1.57. The normalized spacial score (nSPS) is 51.4. The van der Waals surface area contributed by atoms with Crippen LogP contribution in [0.1, 0.15) is 26.7 Å². The SMILES string of the molecule is CC(=O)NC1C2O[C@@H]3CC(OCC4O[C@@H](O[C@@H]2C(CO)O[C@H]1OC1C(O)[C@H](OCCCN)OC(CO)[C@@H]1O)C(O[C@@H]1OC(C)[C@@H](O)C(O)C1O)C(O)[C@H]4O)[C@@H](O)C(O)C3O. The number of rotatable bonds is 11. The summed E-state index contributed by atoms with van der Waals surface area (Å²) >= 11 is 0. The van der Waals surface area contributed by atoms with Crippen LogP contribution in [0, 0.1) is 0 Å². The van der Waals surface area contributed by atoms with Crippen molar-refractivity contribution in [3.05, 3.63) is 0 Å². The maximum atomic E-state index is 12.9. The van der Waals surface area contributed by atoms with Crippen LogP contribution in [-0.2, 0) is 52.2 Å². The molecule has 25 atom stereocenters. The highest BCUT2D eigenvalue weighted by Gasteiger charge is 2.58. The third-order valence-electron chi connectivity index (χ3n) is 11.7. The molecule has 15 unspecified atom stereocenters. The lowest BCUT2D eigenvalue weighted by Gasteiger charge is -2.53. The maximum Gasteiger partial charge on any atom is 0.217 e. The van der Waals surface area contributed by atoms with Crippen LogP contribution in [0.4, 0.5) is 0 Å². The molecule has 5 aliphatic heterocycles. The van der Waals surface area contributed by atoms with Crippen molar-refractivity contribution in [1.82, 2.24) is 5.32 Å². The first-order valence-corrected chi connectivity index (χ1v) is 20.0. The molecule has 1 amide bonds. The fourth-order valence-electron chi connectivity index (χ4n) is 8.28. The van der Waals surface area contributed by atoms with Gasteiger partial charge in [0.1, 0.15) is 110 Å². The van der Waals surface area contributed by atoms with Crippen LogP contribution in [-0.4, -0.2) is 253 Å². The van der Waals surface area contributed by atoms with Gasteiger partial charge in [0.25, 0.3) is 0 Å². The first kappa shape index (κ1) is 48.0. The summed E-state index contributed by atoms with van der Waals surface area (Å²) in [4.78, 5) is 12.9. The molecular formula is C35H60N2O23. The predicted octanol–water partition coefficient (Wildman–Crippen LogP) is -8.92. The van der Waals surface area contributed by atoms with E-state index >= 15 is 0 Å². The van der Waals surface area contributed by atoms with Crippen LogP contribution in [0.3, 0.4) is 0 Å². The Labute approximate surface area is 343 Å². The van der Waals surface area contributed by atoms with Crippen molar-refractivity contribution in [2.24, 2.45) is 5.73 Å². The zero-order valence-corrected chi connectivity index (χ0v) is 32.8. The zero-order chi connectivity index (χ0) is 43.7. The smallest absolute Gasteiger partial charge is 0.217 e. The Balaban J connectivity index is 1.38. The largest absolute Gasteiger partial charge is 0.394 e. The van der Waals surface area contributed by atoms with Gasteiger partial charge in [-0.25, -0.2) is 0 Å². The minimum Gasteiger partial charge on any atom is -0.394 e. The highest BCUT2D eigenvalue weighted by atomic mass is 16.8. The van der Waals surface area contributed by atoms with Crippen LogP contribution >= 0.6 is 0 Å². The number of ether oxygens (including phenoxy) is 10. The lowest BCUT2D eigenvalue weighted by atomic mass is 9.86. The number of amides is 1. The Morgan fingerprint density at radius 3 is 1.93 bits per heavy atom. The van der Waals surface area contributed by atoms with Gasteiger partial charge in [-0.05, 0) is 19.9 Å². The predicted molar refractivity (Wildman–Crippen MR) is 189 cm³/mol. The molecule has 60 heavy (non-hydrogen) atoms. The third kappa shape index (κ3) is 9.93. The van der Waals surface area contributed by atoms with Gasteiger partial charge in [0.05, 0.1) is 44.7 Å². The molecule has 5 saturated heterocycles. The molecule has 25 heteroatoms. The monoisotopic (exact) mass is 876 g/mol. The summed E-state index contributed by atoms with van der Waals surface area (Å²) in [5.74, 6) is -0.731. The van der Waals surface area contributed by atoms with Crippen molar-refractivity contribution < 1.29 is 113 Å². The Hall–Kier alpha value is -1.45. The van der Waals surface area contributed by atoms with E-state index in [4.69, 9.17) is 53.1 Å². The lowest BCUT2D eigenvalue weighted by molar-refractivity contribution is -0.395. The number of carbonyl (C=O) groups excluding carboxylic acids is 1. The molecule has 0 aromatic rings. The van der Waals surface area contributed by atoms with Gasteiger partial charge in [-0.1, -0.05) is 0 Å². The third-order valence-corrected chi connectivity index (χ3v) is 11.7. The number of aliphatic hydroxyl groups excluding tert-OH is 12. The van der Waals surface area contributed by atoms with E-state index in [1.165, 1.54) is 6.92 Å². The van der Waals surface area contributed by atoms with Gasteiger partial charge in [-0.15, -0.1) is 0 Å². The number of nitrogens with two attached hydrogens (primary N) is 1. The maximum absolute atomic E-state index is 12.9. The van der Waals surface area contributed by atoms with Crippen LogP contribution in [0.25, 0.3) is 0 Å². The number of hydrogen-bond acceptors (Lipinski definition) is 24. The van der Waals surface area contributed by atoms with Crippen LogP contribution in [0.2, 0.25) is 0 Å². The number of fused-ring (bicyclic) bond motifs is 5. The molecule has 6 rings (SSSR count). The zero-order valence-electron chi connectivity index (χ0n) is 32.8. The van der Waals surface area contributed by atoms with E-state index in [9.17, 15) is 66.1 Å². The standard InChI is InChI=1S/C35H60N2O23/c1-10-18(41)23(46)26(49)34(53-10)60-31-25(48)21(44)16-9-52-12-6-13(20(43)24(47)19(12)42)54-29-17(37-11(2)40)32(56-15(8-39)28(29)58-35(31)57-16)59-30-22(45)14(7-38)55-33(27(30)50)51-5-3-4-36/h10,12-35,38-39,41-50H,3-9,36H2,1-2H3,(H,37,40)/t10?,12?,13-,14?,15?,16?,17?,18-,19-,20?,21+,22+,23?,24?,25?,26?,27?,28-,29?,30?,31?,32+,33-,34+,35+/m1/s1. The van der Waals surface area contributed by atoms with Gasteiger partial charge in [-0.3, -0.25) is 4.79 Å². The van der Waals surface area contributed by atoms with Crippen molar-refractivity contribution in [3.63, 3.8) is 0 Å². The van der Waals surface area contributed by atoms with Crippen molar-refractivity contribution in [1.29, 1.82) is 0 Å². The van der Waals surface area contributed by atoms with Gasteiger partial charge in [0, 0.05) is 13.3 Å². The van der Waals surface area contributed by atoms with E-state index in [2.05, 4.69) is 5.32 Å². The van der Waals surface area contributed by atoms with Crippen LogP contribution < -0.4 is 11.1 Å². The van der Waals surface area contributed by atoms with E-state index in [-0.39, 0.29) is 19.6 Å². The minimum atomic E-state index is -1.94. The molecule has 4 bridgehead atoms. The first-order chi connectivity index (χ1) is 28.5. The van der Waals surface area contributed by atoms with E-state index in [0.29, 0.717) is 6.42 Å². The Kier molecular flexibility index (Phi) is 16.5.